The van der Waals surface area contributed by atoms with Crippen molar-refractivity contribution in [2.45, 2.75) is 11.4 Å². The number of hydrogen-bond donors (Lipinski definition) is 1. The van der Waals surface area contributed by atoms with E-state index in [1.807, 2.05) is 6.07 Å². The number of nitrogens with one attached hydrogen (secondary N) is 1. The summed E-state index contributed by atoms with van der Waals surface area (Å²) in [6.07, 6.45) is 1.54. The number of hydrogen-bond acceptors (Lipinski definition) is 4. The van der Waals surface area contributed by atoms with Gasteiger partial charge in [0.2, 0.25) is 10.0 Å². The summed E-state index contributed by atoms with van der Waals surface area (Å²) >= 11 is 5.92. The zero-order valence-electron chi connectivity index (χ0n) is 11.7. The molecule has 0 spiro atoms. The van der Waals surface area contributed by atoms with E-state index in [0.29, 0.717) is 10.8 Å². The van der Waals surface area contributed by atoms with E-state index in [9.17, 15) is 8.42 Å². The van der Waals surface area contributed by atoms with Crippen LogP contribution in [0.25, 0.3) is 0 Å². The molecule has 21 heavy (non-hydrogen) atoms. The molecule has 0 unspecified atom stereocenters. The molecule has 0 saturated carbocycles. The van der Waals surface area contributed by atoms with Gasteiger partial charge in [0.1, 0.15) is 10.7 Å². The first-order valence-electron chi connectivity index (χ1n) is 6.28. The maximum Gasteiger partial charge on any atom is 0.246 e. The van der Waals surface area contributed by atoms with Crippen LogP contribution in [-0.2, 0) is 16.6 Å². The number of aromatic nitrogens is 1. The average Bonchev–Trinajstić information content (AvgIpc) is 2.47. The number of benzene rings is 1. The fourth-order valence-electron chi connectivity index (χ4n) is 1.93. The zero-order chi connectivity index (χ0) is 15.5. The molecule has 0 amide bonds. The lowest BCUT2D eigenvalue weighted by atomic mass is 10.2. The molecule has 112 valence electrons. The Bertz CT molecular complexity index is 735. The molecular formula is C14H16ClN3O2S. The Kier molecular flexibility index (Phi) is 4.82. The zero-order valence-corrected chi connectivity index (χ0v) is 13.3. The summed E-state index contributed by atoms with van der Waals surface area (Å²) in [5.41, 5.74) is 0.823. The van der Waals surface area contributed by atoms with Crippen LogP contribution < -0.4 is 5.32 Å². The van der Waals surface area contributed by atoms with E-state index in [4.69, 9.17) is 11.6 Å². The second kappa shape index (κ2) is 6.43. The summed E-state index contributed by atoms with van der Waals surface area (Å²) < 4.78 is 26.5. The Morgan fingerprint density at radius 1 is 1.29 bits per heavy atom. The molecular weight excluding hydrogens is 310 g/mol. The maximum atomic E-state index is 12.6. The minimum absolute atomic E-state index is 0.150. The molecule has 1 N–H and O–H groups in total. The van der Waals surface area contributed by atoms with Crippen LogP contribution in [0.4, 0.5) is 5.82 Å². The van der Waals surface area contributed by atoms with Gasteiger partial charge < -0.3 is 5.32 Å². The van der Waals surface area contributed by atoms with Crippen LogP contribution in [0.3, 0.4) is 0 Å². The monoisotopic (exact) mass is 325 g/mol. The molecule has 0 aliphatic carbocycles. The first-order valence-corrected chi connectivity index (χ1v) is 8.10. The highest BCUT2D eigenvalue weighted by Gasteiger charge is 2.24. The minimum atomic E-state index is -3.63. The van der Waals surface area contributed by atoms with Gasteiger partial charge in [-0.25, -0.2) is 13.4 Å². The summed E-state index contributed by atoms with van der Waals surface area (Å²) in [6, 6.07) is 10.3. The Morgan fingerprint density at radius 2 is 2.05 bits per heavy atom. The maximum absolute atomic E-state index is 12.6. The standard InChI is InChI=1S/C14H16ClN3O2S/c1-16-14-13(7-4-8-17-14)21(19,20)18(2)10-11-5-3-6-12(15)9-11/h3-9H,10H2,1-2H3,(H,16,17). The number of sulfonamides is 1. The first-order chi connectivity index (χ1) is 9.95. The van der Waals surface area contributed by atoms with E-state index in [-0.39, 0.29) is 11.4 Å². The van der Waals surface area contributed by atoms with Crippen molar-refractivity contribution in [3.8, 4) is 0 Å². The smallest absolute Gasteiger partial charge is 0.246 e. The first kappa shape index (κ1) is 15.8. The van der Waals surface area contributed by atoms with E-state index in [1.165, 1.54) is 17.4 Å². The fourth-order valence-corrected chi connectivity index (χ4v) is 3.45. The number of halogens is 1. The van der Waals surface area contributed by atoms with Gasteiger partial charge in [0, 0.05) is 31.9 Å². The molecule has 0 aliphatic rings. The highest BCUT2D eigenvalue weighted by Crippen LogP contribution is 2.23. The highest BCUT2D eigenvalue weighted by atomic mass is 35.5. The lowest BCUT2D eigenvalue weighted by Crippen LogP contribution is -2.27. The van der Waals surface area contributed by atoms with E-state index < -0.39 is 10.0 Å². The SMILES string of the molecule is CNc1ncccc1S(=O)(=O)N(C)Cc1cccc(Cl)c1. The van der Waals surface area contributed by atoms with Crippen molar-refractivity contribution in [2.24, 2.45) is 0 Å². The molecule has 0 saturated heterocycles. The van der Waals surface area contributed by atoms with Gasteiger partial charge in [-0.1, -0.05) is 23.7 Å². The van der Waals surface area contributed by atoms with Crippen LogP contribution in [0.15, 0.2) is 47.5 Å². The molecule has 0 aliphatic heterocycles. The van der Waals surface area contributed by atoms with Gasteiger partial charge >= 0.3 is 0 Å². The Morgan fingerprint density at radius 3 is 2.71 bits per heavy atom. The predicted molar refractivity (Wildman–Crippen MR) is 83.9 cm³/mol. The summed E-state index contributed by atoms with van der Waals surface area (Å²) in [5.74, 6) is 0.329. The van der Waals surface area contributed by atoms with Crippen molar-refractivity contribution in [1.29, 1.82) is 0 Å². The average molecular weight is 326 g/mol. The molecule has 0 atom stereocenters. The molecule has 2 aromatic rings. The largest absolute Gasteiger partial charge is 0.372 e. The van der Waals surface area contributed by atoms with Crippen molar-refractivity contribution in [3.05, 3.63) is 53.2 Å². The Labute approximate surface area is 129 Å². The van der Waals surface area contributed by atoms with Gasteiger partial charge in [-0.05, 0) is 29.8 Å². The second-order valence-electron chi connectivity index (χ2n) is 4.49. The molecule has 1 heterocycles. The summed E-state index contributed by atoms with van der Waals surface area (Å²) in [4.78, 5) is 4.18. The third kappa shape index (κ3) is 3.53. The van der Waals surface area contributed by atoms with Gasteiger partial charge in [-0.15, -0.1) is 0 Å². The topological polar surface area (TPSA) is 62.3 Å². The van der Waals surface area contributed by atoms with Crippen LogP contribution in [0, 0.1) is 0 Å². The molecule has 7 heteroatoms. The van der Waals surface area contributed by atoms with Crippen LogP contribution in [0.5, 0.6) is 0 Å². The highest BCUT2D eigenvalue weighted by molar-refractivity contribution is 7.89. The summed E-state index contributed by atoms with van der Waals surface area (Å²) in [6.45, 7) is 0.237. The Hall–Kier alpha value is -1.63. The Balaban J connectivity index is 2.31. The lowest BCUT2D eigenvalue weighted by Gasteiger charge is -2.18. The van der Waals surface area contributed by atoms with E-state index in [1.54, 1.807) is 37.5 Å². The van der Waals surface area contributed by atoms with Crippen LogP contribution in [0.2, 0.25) is 5.02 Å². The summed E-state index contributed by atoms with van der Waals surface area (Å²) in [5, 5.41) is 3.37. The van der Waals surface area contributed by atoms with Crippen molar-refractivity contribution in [1.82, 2.24) is 9.29 Å². The van der Waals surface area contributed by atoms with Gasteiger partial charge in [-0.2, -0.15) is 4.31 Å². The third-order valence-electron chi connectivity index (χ3n) is 2.99. The van der Waals surface area contributed by atoms with Gasteiger partial charge in [0.15, 0.2) is 0 Å². The molecule has 2 rings (SSSR count). The van der Waals surface area contributed by atoms with Crippen molar-refractivity contribution in [2.75, 3.05) is 19.4 Å². The van der Waals surface area contributed by atoms with Gasteiger partial charge in [0.25, 0.3) is 0 Å². The van der Waals surface area contributed by atoms with Crippen LogP contribution >= 0.6 is 11.6 Å². The summed E-state index contributed by atoms with van der Waals surface area (Å²) in [7, 11) is -0.460. The second-order valence-corrected chi connectivity index (χ2v) is 6.94. The molecule has 1 aromatic carbocycles. The van der Waals surface area contributed by atoms with Gasteiger partial charge in [-0.3, -0.25) is 0 Å². The number of anilines is 1. The normalized spacial score (nSPS) is 11.6. The predicted octanol–water partition coefficient (Wildman–Crippen LogP) is 2.60. The van der Waals surface area contributed by atoms with E-state index >= 15 is 0 Å². The molecule has 0 fully saturated rings. The molecule has 1 aromatic heterocycles. The van der Waals surface area contributed by atoms with Crippen molar-refractivity contribution < 1.29 is 8.42 Å². The quantitative estimate of drug-likeness (QED) is 0.918. The van der Waals surface area contributed by atoms with Crippen molar-refractivity contribution in [3.63, 3.8) is 0 Å². The number of pyridine rings is 1. The van der Waals surface area contributed by atoms with Gasteiger partial charge in [0.05, 0.1) is 0 Å². The molecule has 5 nitrogen and oxygen atoms in total. The third-order valence-corrected chi connectivity index (χ3v) is 5.06. The van der Waals surface area contributed by atoms with Crippen LogP contribution in [-0.4, -0.2) is 31.8 Å². The minimum Gasteiger partial charge on any atom is -0.372 e. The molecule has 0 radical (unpaired) electrons. The fraction of sp³-hybridized carbons (Fsp3) is 0.214. The number of rotatable bonds is 5. The lowest BCUT2D eigenvalue weighted by molar-refractivity contribution is 0.467. The van der Waals surface area contributed by atoms with E-state index in [2.05, 4.69) is 10.3 Å². The van der Waals surface area contributed by atoms with Crippen molar-refractivity contribution >= 4 is 27.4 Å². The molecule has 0 bridgehead atoms. The van der Waals surface area contributed by atoms with E-state index in [0.717, 1.165) is 5.56 Å². The van der Waals surface area contributed by atoms with Crippen LogP contribution in [0.1, 0.15) is 5.56 Å². The number of nitrogens with zero attached hydrogens (tertiary/aromatic N) is 2.